The molecule has 5 rings (SSSR count). The van der Waals surface area contributed by atoms with E-state index in [0.717, 1.165) is 35.5 Å². The Labute approximate surface area is 158 Å². The number of piperidine rings is 1. The molecule has 0 bridgehead atoms. The van der Waals surface area contributed by atoms with Crippen LogP contribution in [-0.4, -0.2) is 39.7 Å². The molecule has 0 aliphatic carbocycles. The summed E-state index contributed by atoms with van der Waals surface area (Å²) >= 11 is 0. The summed E-state index contributed by atoms with van der Waals surface area (Å²) in [6, 6.07) is 16.9. The number of benzene rings is 2. The van der Waals surface area contributed by atoms with Crippen molar-refractivity contribution in [1.82, 2.24) is 19.6 Å². The van der Waals surface area contributed by atoms with E-state index >= 15 is 0 Å². The van der Waals surface area contributed by atoms with Crippen molar-refractivity contribution in [2.24, 2.45) is 0 Å². The van der Waals surface area contributed by atoms with Crippen LogP contribution in [0, 0.1) is 0 Å². The number of aromatic nitrogens is 4. The van der Waals surface area contributed by atoms with Gasteiger partial charge >= 0.3 is 0 Å². The smallest absolute Gasteiger partial charge is 0.257 e. The van der Waals surface area contributed by atoms with Gasteiger partial charge < -0.3 is 9.80 Å². The minimum atomic E-state index is 0.621. The van der Waals surface area contributed by atoms with E-state index in [1.54, 1.807) is 6.33 Å². The first-order valence-corrected chi connectivity index (χ1v) is 9.48. The highest BCUT2D eigenvalue weighted by atomic mass is 15.3. The molecule has 0 N–H and O–H groups in total. The van der Waals surface area contributed by atoms with E-state index in [4.69, 9.17) is 4.98 Å². The molecule has 1 saturated heterocycles. The Bertz CT molecular complexity index is 1080. The van der Waals surface area contributed by atoms with Crippen LogP contribution >= 0.6 is 0 Å². The molecule has 1 fully saturated rings. The van der Waals surface area contributed by atoms with Crippen LogP contribution < -0.4 is 9.80 Å². The highest BCUT2D eigenvalue weighted by molar-refractivity contribution is 5.95. The molecule has 3 heterocycles. The van der Waals surface area contributed by atoms with Crippen LogP contribution in [0.1, 0.15) is 19.3 Å². The SMILES string of the molecule is CN(c1ccccc1)c1nc2nncn2c2cc(N3CCCCC3)ccc12. The first-order chi connectivity index (χ1) is 13.3. The van der Waals surface area contributed by atoms with E-state index in [0.29, 0.717) is 5.78 Å². The van der Waals surface area contributed by atoms with Crippen LogP contribution in [-0.2, 0) is 0 Å². The van der Waals surface area contributed by atoms with Gasteiger partial charge in [0.2, 0.25) is 0 Å². The first kappa shape index (κ1) is 16.1. The molecule has 0 unspecified atom stereocenters. The second-order valence-electron chi connectivity index (χ2n) is 7.08. The maximum Gasteiger partial charge on any atom is 0.257 e. The molecular formula is C21H22N6. The topological polar surface area (TPSA) is 49.6 Å². The van der Waals surface area contributed by atoms with Crippen molar-refractivity contribution < 1.29 is 0 Å². The molecule has 136 valence electrons. The maximum absolute atomic E-state index is 4.78. The number of nitrogens with zero attached hydrogens (tertiary/aromatic N) is 6. The van der Waals surface area contributed by atoms with Crippen LogP contribution in [0.15, 0.2) is 54.9 Å². The van der Waals surface area contributed by atoms with Crippen molar-refractivity contribution in [2.75, 3.05) is 29.9 Å². The maximum atomic E-state index is 4.78. The third-order valence-electron chi connectivity index (χ3n) is 5.40. The van der Waals surface area contributed by atoms with E-state index in [1.807, 2.05) is 29.6 Å². The average Bonchev–Trinajstić information content (AvgIpc) is 3.22. The zero-order valence-electron chi connectivity index (χ0n) is 15.4. The average molecular weight is 358 g/mol. The number of fused-ring (bicyclic) bond motifs is 3. The Kier molecular flexibility index (Phi) is 3.89. The van der Waals surface area contributed by atoms with E-state index in [2.05, 4.69) is 50.3 Å². The van der Waals surface area contributed by atoms with Gasteiger partial charge in [0.25, 0.3) is 5.78 Å². The molecule has 1 aliphatic rings. The van der Waals surface area contributed by atoms with Gasteiger partial charge in [-0.05, 0) is 49.6 Å². The number of hydrogen-bond donors (Lipinski definition) is 0. The second kappa shape index (κ2) is 6.54. The number of rotatable bonds is 3. The zero-order valence-corrected chi connectivity index (χ0v) is 15.4. The van der Waals surface area contributed by atoms with E-state index in [9.17, 15) is 0 Å². The first-order valence-electron chi connectivity index (χ1n) is 9.48. The summed E-state index contributed by atoms with van der Waals surface area (Å²) in [6.07, 6.45) is 5.60. The molecule has 6 heteroatoms. The Balaban J connectivity index is 1.69. The van der Waals surface area contributed by atoms with Crippen LogP contribution in [0.5, 0.6) is 0 Å². The molecule has 2 aromatic heterocycles. The summed E-state index contributed by atoms with van der Waals surface area (Å²) in [5, 5.41) is 9.39. The molecule has 0 spiro atoms. The summed E-state index contributed by atoms with van der Waals surface area (Å²) < 4.78 is 1.98. The molecule has 6 nitrogen and oxygen atoms in total. The molecular weight excluding hydrogens is 336 g/mol. The lowest BCUT2D eigenvalue weighted by molar-refractivity contribution is 0.578. The molecule has 4 aromatic rings. The van der Waals surface area contributed by atoms with Gasteiger partial charge in [-0.25, -0.2) is 0 Å². The minimum absolute atomic E-state index is 0.621. The monoisotopic (exact) mass is 358 g/mol. The lowest BCUT2D eigenvalue weighted by Gasteiger charge is -2.29. The van der Waals surface area contributed by atoms with Crippen LogP contribution in [0.25, 0.3) is 16.7 Å². The Hall–Kier alpha value is -3.15. The van der Waals surface area contributed by atoms with Crippen molar-refractivity contribution in [1.29, 1.82) is 0 Å². The van der Waals surface area contributed by atoms with Gasteiger partial charge in [0.05, 0.1) is 5.52 Å². The molecule has 0 radical (unpaired) electrons. The van der Waals surface area contributed by atoms with Gasteiger partial charge in [-0.2, -0.15) is 4.98 Å². The Morgan fingerprint density at radius 2 is 1.78 bits per heavy atom. The predicted octanol–water partition coefficient (Wildman–Crippen LogP) is 4.04. The summed E-state index contributed by atoms with van der Waals surface area (Å²) in [7, 11) is 2.04. The molecule has 2 aromatic carbocycles. The highest BCUT2D eigenvalue weighted by Crippen LogP contribution is 2.32. The molecule has 0 saturated carbocycles. The number of para-hydroxylation sites is 1. The van der Waals surface area contributed by atoms with Crippen molar-refractivity contribution in [3.63, 3.8) is 0 Å². The largest absolute Gasteiger partial charge is 0.371 e. The molecule has 27 heavy (non-hydrogen) atoms. The molecule has 0 atom stereocenters. The summed E-state index contributed by atoms with van der Waals surface area (Å²) in [5.74, 6) is 1.51. The van der Waals surface area contributed by atoms with Gasteiger partial charge in [0.15, 0.2) is 0 Å². The van der Waals surface area contributed by atoms with Crippen LogP contribution in [0.2, 0.25) is 0 Å². The highest BCUT2D eigenvalue weighted by Gasteiger charge is 2.17. The standard InChI is InChI=1S/C21H22N6/c1-25(16-8-4-2-5-9-16)20-18-11-10-17(26-12-6-3-7-13-26)14-19(18)27-15-22-24-21(27)23-20/h2,4-5,8-11,14-15H,3,6-7,12-13H2,1H3. The quantitative estimate of drug-likeness (QED) is 0.553. The summed E-state index contributed by atoms with van der Waals surface area (Å²) in [6.45, 7) is 2.25. The molecule has 1 aliphatic heterocycles. The number of hydrogen-bond acceptors (Lipinski definition) is 5. The van der Waals surface area contributed by atoms with Crippen molar-refractivity contribution in [3.8, 4) is 0 Å². The number of anilines is 3. The van der Waals surface area contributed by atoms with Gasteiger partial charge in [0, 0.05) is 36.9 Å². The lowest BCUT2D eigenvalue weighted by Crippen LogP contribution is -2.29. The summed E-state index contributed by atoms with van der Waals surface area (Å²) in [5.41, 5.74) is 3.44. The molecule has 0 amide bonds. The van der Waals surface area contributed by atoms with Crippen molar-refractivity contribution in [2.45, 2.75) is 19.3 Å². The van der Waals surface area contributed by atoms with Gasteiger partial charge in [0.1, 0.15) is 12.1 Å². The lowest BCUT2D eigenvalue weighted by atomic mass is 10.1. The minimum Gasteiger partial charge on any atom is -0.371 e. The van der Waals surface area contributed by atoms with Crippen molar-refractivity contribution in [3.05, 3.63) is 54.9 Å². The summed E-state index contributed by atoms with van der Waals surface area (Å²) in [4.78, 5) is 9.36. The third-order valence-corrected chi connectivity index (χ3v) is 5.40. The van der Waals surface area contributed by atoms with Gasteiger partial charge in [-0.1, -0.05) is 18.2 Å². The van der Waals surface area contributed by atoms with Crippen LogP contribution in [0.3, 0.4) is 0 Å². The second-order valence-corrected chi connectivity index (χ2v) is 7.08. The predicted molar refractivity (Wildman–Crippen MR) is 109 cm³/mol. The zero-order chi connectivity index (χ0) is 18.2. The fourth-order valence-electron chi connectivity index (χ4n) is 3.92. The van der Waals surface area contributed by atoms with E-state index in [-0.39, 0.29) is 0 Å². The van der Waals surface area contributed by atoms with Crippen LogP contribution in [0.4, 0.5) is 17.2 Å². The van der Waals surface area contributed by atoms with Gasteiger partial charge in [-0.15, -0.1) is 10.2 Å². The fraction of sp³-hybridized carbons (Fsp3) is 0.286. The van der Waals surface area contributed by atoms with E-state index in [1.165, 1.54) is 24.9 Å². The Morgan fingerprint density at radius 1 is 0.963 bits per heavy atom. The van der Waals surface area contributed by atoms with E-state index < -0.39 is 0 Å². The normalized spacial score (nSPS) is 14.8. The van der Waals surface area contributed by atoms with Crippen molar-refractivity contribution >= 4 is 33.9 Å². The third kappa shape index (κ3) is 2.77. The fourth-order valence-corrected chi connectivity index (χ4v) is 3.92. The Morgan fingerprint density at radius 3 is 2.59 bits per heavy atom. The van der Waals surface area contributed by atoms with Gasteiger partial charge in [-0.3, -0.25) is 4.40 Å².